The molecule has 0 aliphatic rings. The molecule has 0 saturated heterocycles. The van der Waals surface area contributed by atoms with Crippen molar-refractivity contribution in [1.29, 1.82) is 0 Å². The third kappa shape index (κ3) is 6.50. The Kier molecular flexibility index (Phi) is 8.03. The molecule has 29 heavy (non-hydrogen) atoms. The van der Waals surface area contributed by atoms with E-state index in [9.17, 15) is 9.59 Å². The largest absolute Gasteiger partial charge is 0.493 e. The van der Waals surface area contributed by atoms with E-state index in [2.05, 4.69) is 15.3 Å². The third-order valence-electron chi connectivity index (χ3n) is 4.07. The van der Waals surface area contributed by atoms with Gasteiger partial charge < -0.3 is 14.2 Å². The lowest BCUT2D eigenvalue weighted by Gasteiger charge is -2.12. The number of aryl methyl sites for hydroxylation is 2. The van der Waals surface area contributed by atoms with Crippen LogP contribution in [0.15, 0.2) is 35.4 Å². The predicted molar refractivity (Wildman–Crippen MR) is 111 cm³/mol. The quantitative estimate of drug-likeness (QED) is 0.404. The molecule has 0 fully saturated rings. The summed E-state index contributed by atoms with van der Waals surface area (Å²) in [5.41, 5.74) is 6.23. The Morgan fingerprint density at radius 3 is 2.59 bits per heavy atom. The molecule has 0 atom stereocenters. The molecule has 2 aromatic carbocycles. The number of nitrogens with one attached hydrogen (secondary N) is 1. The Hall–Kier alpha value is -3.06. The van der Waals surface area contributed by atoms with Crippen LogP contribution in [0.25, 0.3) is 0 Å². The van der Waals surface area contributed by atoms with Gasteiger partial charge in [0.2, 0.25) is 5.91 Å². The Morgan fingerprint density at radius 1 is 1.17 bits per heavy atom. The highest BCUT2D eigenvalue weighted by atomic mass is 35.5. The fourth-order valence-corrected chi connectivity index (χ4v) is 2.85. The summed E-state index contributed by atoms with van der Waals surface area (Å²) in [7, 11) is 2.71. The van der Waals surface area contributed by atoms with Gasteiger partial charge in [0, 0.05) is 0 Å². The van der Waals surface area contributed by atoms with Crippen LogP contribution in [0.3, 0.4) is 0 Å². The van der Waals surface area contributed by atoms with Crippen molar-refractivity contribution < 1.29 is 23.8 Å². The standard InChI is InChI=1S/C21H23ClN2O5/c1-13-5-6-16(14(2)7-13)10-19(25)24-23-11-15-8-17(22)21(18(9-15)27-3)29-12-20(26)28-4/h5-9,11H,10,12H2,1-4H3,(H,24,25)/b23-11-. The molecule has 0 aliphatic heterocycles. The molecular weight excluding hydrogens is 396 g/mol. The Bertz CT molecular complexity index is 928. The first-order valence-corrected chi connectivity index (χ1v) is 9.17. The van der Waals surface area contributed by atoms with E-state index in [0.717, 1.165) is 16.7 Å². The summed E-state index contributed by atoms with van der Waals surface area (Å²) in [6.45, 7) is 3.68. The van der Waals surface area contributed by atoms with Crippen molar-refractivity contribution >= 4 is 29.7 Å². The van der Waals surface area contributed by atoms with Crippen LogP contribution in [-0.4, -0.2) is 38.9 Å². The number of rotatable bonds is 8. The summed E-state index contributed by atoms with van der Waals surface area (Å²) in [5.74, 6) is -0.232. The smallest absolute Gasteiger partial charge is 0.343 e. The number of hydrogen-bond acceptors (Lipinski definition) is 6. The molecule has 0 bridgehead atoms. The number of methoxy groups -OCH3 is 2. The van der Waals surface area contributed by atoms with Crippen molar-refractivity contribution in [3.05, 3.63) is 57.6 Å². The first-order valence-electron chi connectivity index (χ1n) is 8.79. The Balaban J connectivity index is 2.03. The van der Waals surface area contributed by atoms with Crippen molar-refractivity contribution in [3.63, 3.8) is 0 Å². The maximum Gasteiger partial charge on any atom is 0.343 e. The average Bonchev–Trinajstić information content (AvgIpc) is 2.68. The zero-order valence-corrected chi connectivity index (χ0v) is 17.5. The Morgan fingerprint density at radius 2 is 1.93 bits per heavy atom. The van der Waals surface area contributed by atoms with Crippen LogP contribution in [0.2, 0.25) is 5.02 Å². The molecule has 0 spiro atoms. The molecule has 7 nitrogen and oxygen atoms in total. The topological polar surface area (TPSA) is 86.2 Å². The molecule has 2 aromatic rings. The highest BCUT2D eigenvalue weighted by Crippen LogP contribution is 2.36. The molecule has 0 heterocycles. The number of halogens is 1. The van der Waals surface area contributed by atoms with Gasteiger partial charge in [0.1, 0.15) is 0 Å². The van der Waals surface area contributed by atoms with Gasteiger partial charge >= 0.3 is 5.97 Å². The van der Waals surface area contributed by atoms with Gasteiger partial charge in [-0.15, -0.1) is 0 Å². The molecule has 1 amide bonds. The van der Waals surface area contributed by atoms with Crippen molar-refractivity contribution in [2.24, 2.45) is 5.10 Å². The van der Waals surface area contributed by atoms with Crippen molar-refractivity contribution in [2.75, 3.05) is 20.8 Å². The van der Waals surface area contributed by atoms with Crippen LogP contribution < -0.4 is 14.9 Å². The zero-order valence-electron chi connectivity index (χ0n) is 16.7. The van der Waals surface area contributed by atoms with Crippen molar-refractivity contribution in [3.8, 4) is 11.5 Å². The van der Waals surface area contributed by atoms with Gasteiger partial charge in [-0.05, 0) is 42.7 Å². The minimum Gasteiger partial charge on any atom is -0.493 e. The SMILES string of the molecule is COC(=O)COc1c(Cl)cc(/C=N\NC(=O)Cc2ccc(C)cc2C)cc1OC. The van der Waals surface area contributed by atoms with Gasteiger partial charge in [-0.2, -0.15) is 5.10 Å². The molecule has 0 aromatic heterocycles. The second-order valence-corrected chi connectivity index (χ2v) is 6.71. The molecular formula is C21H23ClN2O5. The fraction of sp³-hybridized carbons (Fsp3) is 0.286. The maximum absolute atomic E-state index is 12.1. The van der Waals surface area contributed by atoms with E-state index in [1.54, 1.807) is 12.1 Å². The van der Waals surface area contributed by atoms with Crippen LogP contribution in [0.4, 0.5) is 0 Å². The minimum atomic E-state index is -0.541. The lowest BCUT2D eigenvalue weighted by Crippen LogP contribution is -2.20. The van der Waals surface area contributed by atoms with Crippen molar-refractivity contribution in [1.82, 2.24) is 5.43 Å². The normalized spacial score (nSPS) is 10.7. The zero-order chi connectivity index (χ0) is 21.4. The van der Waals surface area contributed by atoms with Gasteiger partial charge in [-0.1, -0.05) is 35.4 Å². The minimum absolute atomic E-state index is 0.218. The van der Waals surface area contributed by atoms with Crippen LogP contribution in [0.1, 0.15) is 22.3 Å². The predicted octanol–water partition coefficient (Wildman–Crippen LogP) is 3.21. The van der Waals surface area contributed by atoms with Crippen LogP contribution in [0, 0.1) is 13.8 Å². The monoisotopic (exact) mass is 418 g/mol. The molecule has 0 aliphatic carbocycles. The second kappa shape index (κ2) is 10.5. The molecule has 1 N–H and O–H groups in total. The third-order valence-corrected chi connectivity index (χ3v) is 4.35. The van der Waals surface area contributed by atoms with Gasteiger partial charge in [0.15, 0.2) is 18.1 Å². The number of hydrazone groups is 1. The molecule has 154 valence electrons. The highest BCUT2D eigenvalue weighted by Gasteiger charge is 2.13. The maximum atomic E-state index is 12.1. The highest BCUT2D eigenvalue weighted by molar-refractivity contribution is 6.32. The van der Waals surface area contributed by atoms with Crippen molar-refractivity contribution in [2.45, 2.75) is 20.3 Å². The first-order chi connectivity index (χ1) is 13.8. The lowest BCUT2D eigenvalue weighted by atomic mass is 10.0. The summed E-state index contributed by atoms with van der Waals surface area (Å²) in [5, 5.41) is 4.20. The summed E-state index contributed by atoms with van der Waals surface area (Å²) in [6, 6.07) is 9.14. The first kappa shape index (κ1) is 22.2. The van der Waals surface area contributed by atoms with Gasteiger partial charge in [0.25, 0.3) is 0 Å². The average molecular weight is 419 g/mol. The lowest BCUT2D eigenvalue weighted by molar-refractivity contribution is -0.142. The van der Waals surface area contributed by atoms with Crippen LogP contribution in [0.5, 0.6) is 11.5 Å². The molecule has 0 radical (unpaired) electrons. The molecule has 0 saturated carbocycles. The van der Waals surface area contributed by atoms with Gasteiger partial charge in [-0.25, -0.2) is 10.2 Å². The Labute approximate surface area is 174 Å². The number of benzene rings is 2. The van der Waals surface area contributed by atoms with Gasteiger partial charge in [0.05, 0.1) is 31.9 Å². The van der Waals surface area contributed by atoms with E-state index in [1.165, 1.54) is 20.4 Å². The second-order valence-electron chi connectivity index (χ2n) is 6.30. The van der Waals surface area contributed by atoms with E-state index in [4.69, 9.17) is 21.1 Å². The van der Waals surface area contributed by atoms with Crippen LogP contribution >= 0.6 is 11.6 Å². The number of carbonyl (C=O) groups excluding carboxylic acids is 2. The number of amides is 1. The van der Waals surface area contributed by atoms with E-state index >= 15 is 0 Å². The number of esters is 1. The summed E-state index contributed by atoms with van der Waals surface area (Å²) >= 11 is 6.21. The number of nitrogens with zero attached hydrogens (tertiary/aromatic N) is 1. The van der Waals surface area contributed by atoms with Gasteiger partial charge in [-0.3, -0.25) is 4.79 Å². The molecule has 8 heteroatoms. The molecule has 2 rings (SSSR count). The van der Waals surface area contributed by atoms with Crippen LogP contribution in [-0.2, 0) is 20.7 Å². The summed E-state index contributed by atoms with van der Waals surface area (Å²) < 4.78 is 15.1. The number of carbonyl (C=O) groups is 2. The summed E-state index contributed by atoms with van der Waals surface area (Å²) in [4.78, 5) is 23.4. The van der Waals surface area contributed by atoms with E-state index < -0.39 is 5.97 Å². The fourth-order valence-electron chi connectivity index (χ4n) is 2.58. The van der Waals surface area contributed by atoms with E-state index in [-0.39, 0.29) is 29.7 Å². The molecule has 0 unspecified atom stereocenters. The van der Waals surface area contributed by atoms with E-state index in [0.29, 0.717) is 11.3 Å². The summed E-state index contributed by atoms with van der Waals surface area (Å²) in [6.07, 6.45) is 1.67. The van der Waals surface area contributed by atoms with E-state index in [1.807, 2.05) is 32.0 Å². The number of hydrogen-bond donors (Lipinski definition) is 1. The number of ether oxygens (including phenoxy) is 3.